The predicted octanol–water partition coefficient (Wildman–Crippen LogP) is 2.55. The number of fused-ring (bicyclic) bond motifs is 1. The Balaban J connectivity index is 2.42. The normalized spacial score (nSPS) is 23.8. The van der Waals surface area contributed by atoms with Crippen molar-refractivity contribution in [2.75, 3.05) is 26.0 Å². The molecule has 5 heteroatoms. The van der Waals surface area contributed by atoms with E-state index in [9.17, 15) is 4.79 Å². The maximum Gasteiger partial charge on any atom is 0.328 e. The quantitative estimate of drug-likeness (QED) is 0.527. The molecule has 22 heavy (non-hydrogen) atoms. The molecule has 0 spiro atoms. The summed E-state index contributed by atoms with van der Waals surface area (Å²) in [5, 5.41) is 9.48. The summed E-state index contributed by atoms with van der Waals surface area (Å²) in [5.74, 6) is -0.210. The highest BCUT2D eigenvalue weighted by Crippen LogP contribution is 2.39. The zero-order valence-electron chi connectivity index (χ0n) is 14.0. The van der Waals surface area contributed by atoms with Gasteiger partial charge in [0.2, 0.25) is 0 Å². The molecule has 0 aromatic heterocycles. The molecule has 0 saturated heterocycles. The van der Waals surface area contributed by atoms with Crippen molar-refractivity contribution in [3.8, 4) is 0 Å². The van der Waals surface area contributed by atoms with Gasteiger partial charge in [-0.05, 0) is 31.9 Å². The van der Waals surface area contributed by atoms with Crippen molar-refractivity contribution in [3.05, 3.63) is 29.3 Å². The molecule has 5 nitrogen and oxygen atoms in total. The minimum Gasteiger partial charge on any atom is -0.464 e. The number of carbonyl (C=O) groups excluding carboxylic acids is 1. The zero-order chi connectivity index (χ0) is 16.3. The zero-order valence-corrected chi connectivity index (χ0v) is 14.0. The molecule has 0 fully saturated rings. The van der Waals surface area contributed by atoms with Gasteiger partial charge in [0.05, 0.1) is 6.61 Å². The largest absolute Gasteiger partial charge is 0.464 e. The first-order valence-electron chi connectivity index (χ1n) is 7.62. The summed E-state index contributed by atoms with van der Waals surface area (Å²) >= 11 is 0. The average Bonchev–Trinajstić information content (AvgIpc) is 2.46. The van der Waals surface area contributed by atoms with Gasteiger partial charge in [-0.2, -0.15) is 5.10 Å². The lowest BCUT2D eigenvalue weighted by Crippen LogP contribution is -2.44. The number of hydrogen-bond donors (Lipinski definition) is 1. The van der Waals surface area contributed by atoms with Crippen LogP contribution in [0.4, 0.5) is 5.69 Å². The van der Waals surface area contributed by atoms with Crippen LogP contribution in [0.25, 0.3) is 0 Å². The molecule has 1 aromatic carbocycles. The number of ether oxygens (including phenoxy) is 1. The number of aryl methyl sites for hydroxylation is 1. The van der Waals surface area contributed by atoms with E-state index in [1.807, 2.05) is 39.4 Å². The van der Waals surface area contributed by atoms with Crippen molar-refractivity contribution in [1.82, 2.24) is 5.01 Å². The molecular weight excluding hydrogens is 278 g/mol. The van der Waals surface area contributed by atoms with Gasteiger partial charge >= 0.3 is 5.97 Å². The maximum absolute atomic E-state index is 12.2. The van der Waals surface area contributed by atoms with Gasteiger partial charge in [-0.1, -0.05) is 24.6 Å². The van der Waals surface area contributed by atoms with Gasteiger partial charge in [0, 0.05) is 31.4 Å². The van der Waals surface area contributed by atoms with Crippen molar-refractivity contribution in [1.29, 1.82) is 0 Å². The molecule has 2 rings (SSSR count). The van der Waals surface area contributed by atoms with E-state index in [1.165, 1.54) is 11.1 Å². The minimum atomic E-state index is -0.353. The van der Waals surface area contributed by atoms with Crippen LogP contribution in [-0.4, -0.2) is 43.9 Å². The highest BCUT2D eigenvalue weighted by Gasteiger charge is 2.39. The lowest BCUT2D eigenvalue weighted by molar-refractivity contribution is -0.144. The summed E-state index contributed by atoms with van der Waals surface area (Å²) in [5.41, 5.74) is 3.02. The number of carbonyl (C=O) groups is 1. The van der Waals surface area contributed by atoms with Crippen molar-refractivity contribution in [3.63, 3.8) is 0 Å². The summed E-state index contributed by atoms with van der Waals surface area (Å²) in [4.78, 5) is 12.2. The number of hydrogen-bond acceptors (Lipinski definition) is 5. The highest BCUT2D eigenvalue weighted by molar-refractivity contribution is 5.86. The Bertz CT molecular complexity index is 583. The van der Waals surface area contributed by atoms with E-state index in [4.69, 9.17) is 4.74 Å². The molecular formula is C17H25N3O2. The molecule has 0 saturated carbocycles. The minimum absolute atomic E-state index is 0.210. The van der Waals surface area contributed by atoms with Crippen LogP contribution < -0.4 is 5.32 Å². The van der Waals surface area contributed by atoms with Crippen LogP contribution in [0.2, 0.25) is 0 Å². The second-order valence-electron chi connectivity index (χ2n) is 6.21. The van der Waals surface area contributed by atoms with Crippen LogP contribution in [0.15, 0.2) is 23.3 Å². The van der Waals surface area contributed by atoms with Crippen LogP contribution >= 0.6 is 0 Å². The Kier molecular flexibility index (Phi) is 4.74. The van der Waals surface area contributed by atoms with Gasteiger partial charge in [0.25, 0.3) is 0 Å². The lowest BCUT2D eigenvalue weighted by atomic mass is 9.74. The fourth-order valence-electron chi connectivity index (χ4n) is 2.78. The molecule has 2 atom stereocenters. The third-order valence-electron chi connectivity index (χ3n) is 3.89. The topological polar surface area (TPSA) is 53.9 Å². The monoisotopic (exact) mass is 303 g/mol. The number of benzene rings is 1. The second kappa shape index (κ2) is 6.38. The predicted molar refractivity (Wildman–Crippen MR) is 89.4 cm³/mol. The summed E-state index contributed by atoms with van der Waals surface area (Å²) in [7, 11) is 3.78. The van der Waals surface area contributed by atoms with Crippen LogP contribution in [0.1, 0.15) is 31.4 Å². The Morgan fingerprint density at radius 3 is 2.91 bits per heavy atom. The van der Waals surface area contributed by atoms with Gasteiger partial charge in [-0.15, -0.1) is 0 Å². The maximum atomic E-state index is 12.2. The van der Waals surface area contributed by atoms with Gasteiger partial charge in [0.15, 0.2) is 0 Å². The summed E-state index contributed by atoms with van der Waals surface area (Å²) in [6, 6.07) is 5.88. The molecule has 1 aromatic rings. The molecule has 0 amide bonds. The smallest absolute Gasteiger partial charge is 0.328 e. The van der Waals surface area contributed by atoms with Gasteiger partial charge in [-0.3, -0.25) is 0 Å². The first-order chi connectivity index (χ1) is 10.4. The van der Waals surface area contributed by atoms with Crippen molar-refractivity contribution >= 4 is 17.9 Å². The summed E-state index contributed by atoms with van der Waals surface area (Å²) < 4.78 is 5.18. The van der Waals surface area contributed by atoms with E-state index in [0.29, 0.717) is 13.0 Å². The van der Waals surface area contributed by atoms with Gasteiger partial charge < -0.3 is 15.1 Å². The third-order valence-corrected chi connectivity index (χ3v) is 3.89. The number of anilines is 1. The SMILES string of the molecule is CCOC(=O)[C@H]1C[C@@](C)(/C=N/N(C)C)c2cc(C)ccc2N1. The van der Waals surface area contributed by atoms with Crippen LogP contribution in [0, 0.1) is 6.92 Å². The van der Waals surface area contributed by atoms with Crippen LogP contribution in [-0.2, 0) is 14.9 Å². The third kappa shape index (κ3) is 3.40. The standard InChI is InChI=1S/C17H25N3O2/c1-6-22-16(21)15-10-17(3,11-18-20(4)5)13-9-12(2)7-8-14(13)19-15/h7-9,11,15,19H,6,10H2,1-5H3/b18-11+/t15-,17+/m1/s1. The van der Waals surface area contributed by atoms with Crippen molar-refractivity contribution in [2.45, 2.75) is 38.6 Å². The molecule has 0 radical (unpaired) electrons. The van der Waals surface area contributed by atoms with E-state index >= 15 is 0 Å². The molecule has 120 valence electrons. The molecule has 0 unspecified atom stereocenters. The van der Waals surface area contributed by atoms with E-state index in [-0.39, 0.29) is 17.4 Å². The Morgan fingerprint density at radius 1 is 1.55 bits per heavy atom. The fourth-order valence-corrected chi connectivity index (χ4v) is 2.78. The molecule has 1 N–H and O–H groups in total. The Morgan fingerprint density at radius 2 is 2.27 bits per heavy atom. The molecule has 1 aliphatic heterocycles. The Labute approximate surface area is 132 Å². The molecule has 1 heterocycles. The lowest BCUT2D eigenvalue weighted by Gasteiger charge is -2.38. The van der Waals surface area contributed by atoms with Gasteiger partial charge in [-0.25, -0.2) is 4.79 Å². The number of esters is 1. The summed E-state index contributed by atoms with van der Waals surface area (Å²) in [6.45, 7) is 6.40. The number of nitrogens with zero attached hydrogens (tertiary/aromatic N) is 2. The average molecular weight is 303 g/mol. The first kappa shape index (κ1) is 16.3. The first-order valence-corrected chi connectivity index (χ1v) is 7.62. The molecule has 0 aliphatic carbocycles. The molecule has 0 bridgehead atoms. The highest BCUT2D eigenvalue weighted by atomic mass is 16.5. The van der Waals surface area contributed by atoms with E-state index in [0.717, 1.165) is 5.69 Å². The number of hydrazone groups is 1. The van der Waals surface area contributed by atoms with Crippen molar-refractivity contribution < 1.29 is 9.53 Å². The fraction of sp³-hybridized carbons (Fsp3) is 0.529. The van der Waals surface area contributed by atoms with E-state index in [2.05, 4.69) is 30.3 Å². The molecule has 1 aliphatic rings. The van der Waals surface area contributed by atoms with E-state index < -0.39 is 0 Å². The van der Waals surface area contributed by atoms with Crippen LogP contribution in [0.3, 0.4) is 0 Å². The number of nitrogens with one attached hydrogen (secondary N) is 1. The van der Waals surface area contributed by atoms with Crippen molar-refractivity contribution in [2.24, 2.45) is 5.10 Å². The van der Waals surface area contributed by atoms with Crippen LogP contribution in [0.5, 0.6) is 0 Å². The number of rotatable bonds is 4. The summed E-state index contributed by atoms with van der Waals surface area (Å²) in [6.07, 6.45) is 2.55. The Hall–Kier alpha value is -2.04. The second-order valence-corrected chi connectivity index (χ2v) is 6.21. The van der Waals surface area contributed by atoms with E-state index in [1.54, 1.807) is 5.01 Å². The van der Waals surface area contributed by atoms with Gasteiger partial charge in [0.1, 0.15) is 6.04 Å².